The minimum atomic E-state index is -3.61. The molecule has 0 heterocycles. The second-order valence-electron chi connectivity index (χ2n) is 6.77. The summed E-state index contributed by atoms with van der Waals surface area (Å²) in [6.07, 6.45) is 1.29. The number of aryl methyl sites for hydroxylation is 2. The molecular formula is C20H27N3O5S2. The van der Waals surface area contributed by atoms with Gasteiger partial charge in [-0.15, -0.1) is 0 Å². The van der Waals surface area contributed by atoms with Gasteiger partial charge in [-0.3, -0.25) is 4.79 Å². The summed E-state index contributed by atoms with van der Waals surface area (Å²) in [6, 6.07) is 10.9. The first-order chi connectivity index (χ1) is 14.1. The molecule has 0 unspecified atom stereocenters. The molecule has 2 rings (SSSR count). The van der Waals surface area contributed by atoms with Gasteiger partial charge in [-0.2, -0.15) is 0 Å². The van der Waals surface area contributed by atoms with Gasteiger partial charge in [0.1, 0.15) is 0 Å². The van der Waals surface area contributed by atoms with Crippen molar-refractivity contribution in [1.29, 1.82) is 0 Å². The van der Waals surface area contributed by atoms with Crippen LogP contribution in [0.5, 0.6) is 0 Å². The number of rotatable bonds is 10. The van der Waals surface area contributed by atoms with Gasteiger partial charge in [0, 0.05) is 18.7 Å². The maximum absolute atomic E-state index is 12.3. The molecule has 0 aliphatic heterocycles. The van der Waals surface area contributed by atoms with Gasteiger partial charge in [0.05, 0.1) is 9.79 Å². The number of amides is 1. The third kappa shape index (κ3) is 6.36. The lowest BCUT2D eigenvalue weighted by molar-refractivity contribution is -0.116. The van der Waals surface area contributed by atoms with Crippen molar-refractivity contribution in [2.45, 2.75) is 42.9 Å². The Labute approximate surface area is 178 Å². The van der Waals surface area contributed by atoms with E-state index in [4.69, 9.17) is 0 Å². The molecule has 0 spiro atoms. The van der Waals surface area contributed by atoms with E-state index in [1.165, 1.54) is 31.3 Å². The summed E-state index contributed by atoms with van der Waals surface area (Å²) in [4.78, 5) is 12.6. The highest BCUT2D eigenvalue weighted by Gasteiger charge is 2.15. The summed E-state index contributed by atoms with van der Waals surface area (Å²) in [5.74, 6) is -0.265. The Morgan fingerprint density at radius 1 is 0.933 bits per heavy atom. The quantitative estimate of drug-likeness (QED) is 0.509. The largest absolute Gasteiger partial charge is 0.326 e. The first-order valence-corrected chi connectivity index (χ1v) is 12.5. The zero-order chi connectivity index (χ0) is 22.4. The van der Waals surface area contributed by atoms with Gasteiger partial charge in [0.25, 0.3) is 0 Å². The van der Waals surface area contributed by atoms with Gasteiger partial charge >= 0.3 is 0 Å². The van der Waals surface area contributed by atoms with Gasteiger partial charge in [0.2, 0.25) is 26.0 Å². The molecule has 0 saturated carbocycles. The van der Waals surface area contributed by atoms with Gasteiger partial charge in [-0.25, -0.2) is 26.3 Å². The van der Waals surface area contributed by atoms with Crippen LogP contribution in [0.4, 0.5) is 5.69 Å². The lowest BCUT2D eigenvalue weighted by atomic mass is 10.1. The number of hydrogen-bond acceptors (Lipinski definition) is 5. The maximum Gasteiger partial charge on any atom is 0.240 e. The molecular weight excluding hydrogens is 426 g/mol. The molecule has 0 aromatic heterocycles. The Bertz CT molecular complexity index is 1100. The molecule has 0 aliphatic carbocycles. The zero-order valence-electron chi connectivity index (χ0n) is 17.2. The normalized spacial score (nSPS) is 12.0. The summed E-state index contributed by atoms with van der Waals surface area (Å²) in [5, 5.41) is 2.74. The van der Waals surface area contributed by atoms with E-state index in [0.717, 1.165) is 11.1 Å². The lowest BCUT2D eigenvalue weighted by Crippen LogP contribution is -2.24. The third-order valence-electron chi connectivity index (χ3n) is 4.48. The van der Waals surface area contributed by atoms with Gasteiger partial charge in [0.15, 0.2) is 0 Å². The molecule has 0 radical (unpaired) electrons. The second kappa shape index (κ2) is 10.2. The summed E-state index contributed by atoms with van der Waals surface area (Å²) >= 11 is 0. The smallest absolute Gasteiger partial charge is 0.240 e. The van der Waals surface area contributed by atoms with Crippen LogP contribution in [-0.4, -0.2) is 36.3 Å². The Balaban J connectivity index is 2.01. The van der Waals surface area contributed by atoms with Crippen LogP contribution >= 0.6 is 0 Å². The zero-order valence-corrected chi connectivity index (χ0v) is 18.9. The van der Waals surface area contributed by atoms with E-state index in [1.807, 2.05) is 6.92 Å². The van der Waals surface area contributed by atoms with Crippen molar-refractivity contribution in [3.8, 4) is 0 Å². The molecule has 0 fully saturated rings. The molecule has 30 heavy (non-hydrogen) atoms. The Hall–Kier alpha value is -2.27. The van der Waals surface area contributed by atoms with Gasteiger partial charge in [-0.1, -0.05) is 25.1 Å². The molecule has 10 heteroatoms. The summed E-state index contributed by atoms with van der Waals surface area (Å²) in [6.45, 7) is 4.03. The van der Waals surface area contributed by atoms with Gasteiger partial charge < -0.3 is 5.32 Å². The van der Waals surface area contributed by atoms with Crippen LogP contribution in [-0.2, 0) is 31.3 Å². The monoisotopic (exact) mass is 453 g/mol. The fourth-order valence-corrected chi connectivity index (χ4v) is 4.54. The molecule has 2 aromatic rings. The average Bonchev–Trinajstić information content (AvgIpc) is 2.72. The number of carbonyl (C=O) groups is 1. The standard InChI is InChI=1S/C20H27N3O5S2/c1-4-13-22-30(27,28)17-10-6-16(7-11-17)8-12-20(24)23-19-14-18(9-5-15(19)2)29(25,26)21-3/h5-7,9-11,14,21-22H,4,8,12-13H2,1-3H3,(H,23,24). The molecule has 0 atom stereocenters. The Kier molecular flexibility index (Phi) is 8.13. The molecule has 2 aromatic carbocycles. The van der Waals surface area contributed by atoms with Crippen molar-refractivity contribution in [1.82, 2.24) is 9.44 Å². The van der Waals surface area contributed by atoms with Crippen LogP contribution in [0.15, 0.2) is 52.3 Å². The predicted molar refractivity (Wildman–Crippen MR) is 116 cm³/mol. The number of hydrogen-bond donors (Lipinski definition) is 3. The number of carbonyl (C=O) groups excluding carboxylic acids is 1. The van der Waals surface area contributed by atoms with Crippen molar-refractivity contribution >= 4 is 31.6 Å². The number of nitrogens with one attached hydrogen (secondary N) is 3. The first kappa shape index (κ1) is 24.0. The van der Waals surface area contributed by atoms with Crippen LogP contribution in [0.3, 0.4) is 0 Å². The molecule has 164 valence electrons. The van der Waals surface area contributed by atoms with E-state index in [-0.39, 0.29) is 22.1 Å². The molecule has 0 aliphatic rings. The Morgan fingerprint density at radius 2 is 1.57 bits per heavy atom. The van der Waals surface area contributed by atoms with Crippen molar-refractivity contribution in [3.05, 3.63) is 53.6 Å². The lowest BCUT2D eigenvalue weighted by Gasteiger charge is -2.11. The highest BCUT2D eigenvalue weighted by Crippen LogP contribution is 2.20. The number of benzene rings is 2. The van der Waals surface area contributed by atoms with Crippen LogP contribution in [0.2, 0.25) is 0 Å². The van der Waals surface area contributed by atoms with Crippen molar-refractivity contribution in [3.63, 3.8) is 0 Å². The summed E-state index contributed by atoms with van der Waals surface area (Å²) < 4.78 is 52.8. The first-order valence-electron chi connectivity index (χ1n) is 9.51. The summed E-state index contributed by atoms with van der Waals surface area (Å²) in [5.41, 5.74) is 2.00. The predicted octanol–water partition coefficient (Wildman–Crippen LogP) is 2.16. The summed E-state index contributed by atoms with van der Waals surface area (Å²) in [7, 11) is -5.80. The van der Waals surface area contributed by atoms with E-state index < -0.39 is 20.0 Å². The van der Waals surface area contributed by atoms with Crippen LogP contribution in [0.1, 0.15) is 30.9 Å². The molecule has 0 saturated heterocycles. The third-order valence-corrected chi connectivity index (χ3v) is 7.37. The SMILES string of the molecule is CCCNS(=O)(=O)c1ccc(CCC(=O)Nc2cc(S(=O)(=O)NC)ccc2C)cc1. The van der Waals surface area contributed by atoms with E-state index in [2.05, 4.69) is 14.8 Å². The Morgan fingerprint density at radius 3 is 2.17 bits per heavy atom. The van der Waals surface area contributed by atoms with Crippen LogP contribution in [0.25, 0.3) is 0 Å². The minimum Gasteiger partial charge on any atom is -0.326 e. The molecule has 0 bridgehead atoms. The van der Waals surface area contributed by atoms with Crippen LogP contribution in [0, 0.1) is 6.92 Å². The number of anilines is 1. The van der Waals surface area contributed by atoms with E-state index >= 15 is 0 Å². The molecule has 3 N–H and O–H groups in total. The van der Waals surface area contributed by atoms with Crippen LogP contribution < -0.4 is 14.8 Å². The second-order valence-corrected chi connectivity index (χ2v) is 10.4. The minimum absolute atomic E-state index is 0.0689. The fourth-order valence-electron chi connectivity index (χ4n) is 2.65. The topological polar surface area (TPSA) is 121 Å². The molecule has 1 amide bonds. The molecule has 8 nitrogen and oxygen atoms in total. The van der Waals surface area contributed by atoms with E-state index in [1.54, 1.807) is 25.1 Å². The van der Waals surface area contributed by atoms with Gasteiger partial charge in [-0.05, 0) is 62.2 Å². The fraction of sp³-hybridized carbons (Fsp3) is 0.350. The van der Waals surface area contributed by atoms with Crippen molar-refractivity contribution in [2.24, 2.45) is 0 Å². The van der Waals surface area contributed by atoms with E-state index in [9.17, 15) is 21.6 Å². The highest BCUT2D eigenvalue weighted by molar-refractivity contribution is 7.89. The average molecular weight is 454 g/mol. The van der Waals surface area contributed by atoms with Crippen molar-refractivity contribution < 1.29 is 21.6 Å². The number of sulfonamides is 2. The van der Waals surface area contributed by atoms with E-state index in [0.29, 0.717) is 25.1 Å². The van der Waals surface area contributed by atoms with Crippen molar-refractivity contribution in [2.75, 3.05) is 18.9 Å². The maximum atomic E-state index is 12.3. The highest BCUT2D eigenvalue weighted by atomic mass is 32.2.